The number of H-pyrrole nitrogens is 1. The number of aromatic nitrogens is 2. The van der Waals surface area contributed by atoms with Crippen LogP contribution in [0.25, 0.3) is 10.9 Å². The molecule has 0 radical (unpaired) electrons. The van der Waals surface area contributed by atoms with Crippen molar-refractivity contribution in [1.82, 2.24) is 15.1 Å². The highest BCUT2D eigenvalue weighted by Gasteiger charge is 2.34. The number of rotatable bonds is 4. The summed E-state index contributed by atoms with van der Waals surface area (Å²) in [6.45, 7) is 5.44. The fourth-order valence-electron chi connectivity index (χ4n) is 4.63. The van der Waals surface area contributed by atoms with E-state index in [1.54, 1.807) is 0 Å². The molecule has 1 amide bonds. The van der Waals surface area contributed by atoms with Gasteiger partial charge in [-0.05, 0) is 50.3 Å². The maximum absolute atomic E-state index is 11.1. The Kier molecular flexibility index (Phi) is 5.83. The first-order chi connectivity index (χ1) is 15.4. The number of nitrogens with zero attached hydrogens (tertiary/aromatic N) is 5. The highest BCUT2D eigenvalue weighted by atomic mass is 16.4. The Morgan fingerprint density at radius 1 is 1.31 bits per heavy atom. The highest BCUT2D eigenvalue weighted by molar-refractivity contribution is 5.93. The van der Waals surface area contributed by atoms with Crippen LogP contribution >= 0.6 is 0 Å². The SMILES string of the molecule is CC1=NC(C)=C(C#N)C(c2ccc3[nH]nc(NCC4CCN(C(=O)O)CC4)c3c2)C1C#N. The molecule has 1 aromatic heterocycles. The Morgan fingerprint density at radius 2 is 2.06 bits per heavy atom. The maximum Gasteiger partial charge on any atom is 0.407 e. The molecular formula is C23H25N7O2. The zero-order chi connectivity index (χ0) is 22.8. The average molecular weight is 432 g/mol. The van der Waals surface area contributed by atoms with E-state index >= 15 is 0 Å². The number of hydrogen-bond acceptors (Lipinski definition) is 6. The molecule has 2 aliphatic heterocycles. The van der Waals surface area contributed by atoms with Crippen molar-refractivity contribution in [2.75, 3.05) is 25.0 Å². The Hall–Kier alpha value is -3.85. The van der Waals surface area contributed by atoms with Gasteiger partial charge < -0.3 is 15.3 Å². The van der Waals surface area contributed by atoms with Crippen LogP contribution in [0.3, 0.4) is 0 Å². The second kappa shape index (κ2) is 8.72. The number of likely N-dealkylation sites (tertiary alicyclic amines) is 1. The number of allylic oxidation sites excluding steroid dienone is 2. The highest BCUT2D eigenvalue weighted by Crippen LogP contribution is 2.39. The number of aromatic amines is 1. The first-order valence-corrected chi connectivity index (χ1v) is 10.7. The second-order valence-electron chi connectivity index (χ2n) is 8.42. The van der Waals surface area contributed by atoms with E-state index in [9.17, 15) is 15.3 Å². The molecule has 2 aromatic rings. The van der Waals surface area contributed by atoms with E-state index in [1.165, 1.54) is 4.90 Å². The van der Waals surface area contributed by atoms with Crippen molar-refractivity contribution in [2.45, 2.75) is 32.6 Å². The largest absolute Gasteiger partial charge is 0.465 e. The van der Waals surface area contributed by atoms with E-state index in [0.29, 0.717) is 42.5 Å². The second-order valence-corrected chi connectivity index (χ2v) is 8.42. The molecule has 2 unspecified atom stereocenters. The van der Waals surface area contributed by atoms with Crippen LogP contribution in [0.4, 0.5) is 10.6 Å². The lowest BCUT2D eigenvalue weighted by Crippen LogP contribution is -2.39. The number of benzene rings is 1. The van der Waals surface area contributed by atoms with Crippen LogP contribution in [-0.4, -0.2) is 51.6 Å². The van der Waals surface area contributed by atoms with Gasteiger partial charge in [0.15, 0.2) is 5.82 Å². The van der Waals surface area contributed by atoms with Gasteiger partial charge in [-0.15, -0.1) is 0 Å². The number of carbonyl (C=O) groups is 1. The molecule has 3 N–H and O–H groups in total. The van der Waals surface area contributed by atoms with Crippen LogP contribution in [0.15, 0.2) is 34.5 Å². The van der Waals surface area contributed by atoms with E-state index in [2.05, 4.69) is 32.6 Å². The molecule has 0 bridgehead atoms. The summed E-state index contributed by atoms with van der Waals surface area (Å²) in [6.07, 6.45) is 0.766. The zero-order valence-electron chi connectivity index (χ0n) is 18.1. The van der Waals surface area contributed by atoms with Crippen LogP contribution in [0.2, 0.25) is 0 Å². The number of amides is 1. The maximum atomic E-state index is 11.1. The van der Waals surface area contributed by atoms with Crippen molar-refractivity contribution in [3.63, 3.8) is 0 Å². The molecule has 9 heteroatoms. The quantitative estimate of drug-likeness (QED) is 0.671. The van der Waals surface area contributed by atoms with Gasteiger partial charge in [-0.3, -0.25) is 10.1 Å². The molecule has 1 aromatic carbocycles. The minimum absolute atomic E-state index is 0.366. The summed E-state index contributed by atoms with van der Waals surface area (Å²) in [7, 11) is 0. The molecule has 0 spiro atoms. The number of piperidine rings is 1. The number of nitrogens with one attached hydrogen (secondary N) is 2. The Bertz CT molecular complexity index is 1190. The van der Waals surface area contributed by atoms with Crippen molar-refractivity contribution in [3.8, 4) is 12.1 Å². The van der Waals surface area contributed by atoms with Crippen LogP contribution in [0, 0.1) is 34.5 Å². The van der Waals surface area contributed by atoms with E-state index in [1.807, 2.05) is 32.0 Å². The van der Waals surface area contributed by atoms with Crippen LogP contribution < -0.4 is 5.32 Å². The lowest BCUT2D eigenvalue weighted by atomic mass is 9.76. The van der Waals surface area contributed by atoms with Gasteiger partial charge in [0.25, 0.3) is 0 Å². The van der Waals surface area contributed by atoms with E-state index in [4.69, 9.17) is 5.11 Å². The molecule has 164 valence electrons. The van der Waals surface area contributed by atoms with Crippen molar-refractivity contribution in [3.05, 3.63) is 35.0 Å². The Balaban J connectivity index is 1.57. The third-order valence-corrected chi connectivity index (χ3v) is 6.48. The summed E-state index contributed by atoms with van der Waals surface area (Å²) < 4.78 is 0. The average Bonchev–Trinajstić information content (AvgIpc) is 3.19. The zero-order valence-corrected chi connectivity index (χ0v) is 18.1. The van der Waals surface area contributed by atoms with Gasteiger partial charge in [-0.25, -0.2) is 4.79 Å². The predicted octanol–water partition coefficient (Wildman–Crippen LogP) is 3.86. The lowest BCUT2D eigenvalue weighted by molar-refractivity contribution is 0.126. The summed E-state index contributed by atoms with van der Waals surface area (Å²) in [4.78, 5) is 17.0. The van der Waals surface area contributed by atoms with Crippen LogP contribution in [-0.2, 0) is 0 Å². The van der Waals surface area contributed by atoms with Crippen molar-refractivity contribution >= 4 is 28.5 Å². The Labute approximate surface area is 186 Å². The van der Waals surface area contributed by atoms with Crippen molar-refractivity contribution in [1.29, 1.82) is 10.5 Å². The number of aliphatic imine (C=N–C) groups is 1. The van der Waals surface area contributed by atoms with Crippen LogP contribution in [0.1, 0.15) is 38.2 Å². The molecule has 3 heterocycles. The molecular weight excluding hydrogens is 406 g/mol. The molecule has 1 saturated heterocycles. The van der Waals surface area contributed by atoms with Crippen molar-refractivity contribution in [2.24, 2.45) is 16.8 Å². The lowest BCUT2D eigenvalue weighted by Gasteiger charge is -2.30. The van der Waals surface area contributed by atoms with Crippen LogP contribution in [0.5, 0.6) is 0 Å². The van der Waals surface area contributed by atoms with Gasteiger partial charge in [0.1, 0.15) is 0 Å². The summed E-state index contributed by atoms with van der Waals surface area (Å²) >= 11 is 0. The fourth-order valence-corrected chi connectivity index (χ4v) is 4.63. The topological polar surface area (TPSA) is 141 Å². The molecule has 4 rings (SSSR count). The number of anilines is 1. The Morgan fingerprint density at radius 3 is 2.72 bits per heavy atom. The normalized spacial score (nSPS) is 21.8. The van der Waals surface area contributed by atoms with E-state index in [0.717, 1.165) is 35.1 Å². The summed E-state index contributed by atoms with van der Waals surface area (Å²) in [5, 5.41) is 40.4. The smallest absolute Gasteiger partial charge is 0.407 e. The fraction of sp³-hybridized carbons (Fsp3) is 0.435. The van der Waals surface area contributed by atoms with E-state index < -0.39 is 12.0 Å². The summed E-state index contributed by atoms with van der Waals surface area (Å²) in [5.74, 6) is 0.233. The molecule has 2 aliphatic rings. The third kappa shape index (κ3) is 3.90. The van der Waals surface area contributed by atoms with Gasteiger partial charge in [-0.1, -0.05) is 6.07 Å². The third-order valence-electron chi connectivity index (χ3n) is 6.48. The van der Waals surface area contributed by atoms with Gasteiger partial charge >= 0.3 is 6.09 Å². The molecule has 0 aliphatic carbocycles. The first-order valence-electron chi connectivity index (χ1n) is 10.7. The van der Waals surface area contributed by atoms with Crippen molar-refractivity contribution < 1.29 is 9.90 Å². The molecule has 1 fully saturated rings. The van der Waals surface area contributed by atoms with Gasteiger partial charge in [0, 0.05) is 36.7 Å². The van der Waals surface area contributed by atoms with Gasteiger partial charge in [0.2, 0.25) is 0 Å². The number of hydrogen-bond donors (Lipinski definition) is 3. The summed E-state index contributed by atoms with van der Waals surface area (Å²) in [6, 6.07) is 10.4. The predicted molar refractivity (Wildman–Crippen MR) is 120 cm³/mol. The molecule has 32 heavy (non-hydrogen) atoms. The first kappa shape index (κ1) is 21.4. The number of carboxylic acid groups (broad SMARTS) is 1. The minimum Gasteiger partial charge on any atom is -0.465 e. The van der Waals surface area contributed by atoms with Gasteiger partial charge in [-0.2, -0.15) is 15.6 Å². The summed E-state index contributed by atoms with van der Waals surface area (Å²) in [5.41, 5.74) is 3.64. The molecule has 0 saturated carbocycles. The standard InChI is InChI=1S/C23H25N7O2/c1-13-18(10-24)21(19(11-25)14(2)27-13)16-3-4-20-17(9-16)22(29-28-20)26-12-15-5-7-30(8-6-15)23(31)32/h3-4,9,15,18,21H,5-8,12H2,1-2H3,(H,31,32)(H2,26,28,29). The number of fused-ring (bicyclic) bond motifs is 1. The number of nitriles is 2. The molecule has 9 nitrogen and oxygen atoms in total. The van der Waals surface area contributed by atoms with E-state index in [-0.39, 0.29) is 5.92 Å². The molecule has 2 atom stereocenters. The monoisotopic (exact) mass is 431 g/mol. The van der Waals surface area contributed by atoms with Gasteiger partial charge in [0.05, 0.1) is 34.8 Å². The minimum atomic E-state index is -0.859.